The Labute approximate surface area is 197 Å². The standard InChI is InChI=1S/C20H15BrN2O5S3/c21-13-6-7-15-14(10-13)16(18(24)23(15)11-12-4-2-1-3-5-12)17-19(25)22(20(29)30-17)8-9-31(26,27)28/h1-7,10H,8-9,11H2,(H,26,27,28)/p-1/b17-16+. The molecule has 0 bridgehead atoms. The first-order valence-electron chi connectivity index (χ1n) is 9.03. The van der Waals surface area contributed by atoms with Crippen molar-refractivity contribution in [3.8, 4) is 0 Å². The molecule has 0 spiro atoms. The number of carbonyl (C=O) groups excluding carboxylic acids is 2. The molecule has 1 saturated heterocycles. The predicted octanol–water partition coefficient (Wildman–Crippen LogP) is 3.11. The van der Waals surface area contributed by atoms with Gasteiger partial charge in [-0.15, -0.1) is 0 Å². The second kappa shape index (κ2) is 8.47. The Morgan fingerprint density at radius 3 is 2.42 bits per heavy atom. The molecule has 7 nitrogen and oxygen atoms in total. The summed E-state index contributed by atoms with van der Waals surface area (Å²) in [6.45, 7) is -0.0208. The fraction of sp³-hybridized carbons (Fsp3) is 0.150. The molecule has 2 aliphatic heterocycles. The van der Waals surface area contributed by atoms with Crippen molar-refractivity contribution in [3.63, 3.8) is 0 Å². The third kappa shape index (κ3) is 4.46. The number of rotatable bonds is 5. The molecule has 0 radical (unpaired) electrons. The van der Waals surface area contributed by atoms with Crippen molar-refractivity contribution in [3.05, 3.63) is 69.0 Å². The Bertz CT molecular complexity index is 1240. The van der Waals surface area contributed by atoms with Crippen LogP contribution < -0.4 is 4.90 Å². The van der Waals surface area contributed by atoms with Gasteiger partial charge in [-0.2, -0.15) is 0 Å². The molecule has 11 heteroatoms. The highest BCUT2D eigenvalue weighted by molar-refractivity contribution is 9.10. The van der Waals surface area contributed by atoms with Crippen LogP contribution in [0.3, 0.4) is 0 Å². The van der Waals surface area contributed by atoms with Gasteiger partial charge in [0.25, 0.3) is 11.8 Å². The van der Waals surface area contributed by atoms with Gasteiger partial charge in [-0.25, -0.2) is 8.42 Å². The molecule has 4 rings (SSSR count). The van der Waals surface area contributed by atoms with Crippen molar-refractivity contribution in [2.45, 2.75) is 6.54 Å². The zero-order chi connectivity index (χ0) is 22.3. The topological polar surface area (TPSA) is 97.8 Å². The lowest BCUT2D eigenvalue weighted by atomic mass is 10.1. The van der Waals surface area contributed by atoms with Crippen molar-refractivity contribution in [1.82, 2.24) is 4.90 Å². The highest BCUT2D eigenvalue weighted by Gasteiger charge is 2.42. The largest absolute Gasteiger partial charge is 0.748 e. The zero-order valence-corrected chi connectivity index (χ0v) is 19.8. The summed E-state index contributed by atoms with van der Waals surface area (Å²) >= 11 is 9.57. The zero-order valence-electron chi connectivity index (χ0n) is 15.8. The van der Waals surface area contributed by atoms with Gasteiger partial charge in [0.05, 0.1) is 38.6 Å². The van der Waals surface area contributed by atoms with E-state index in [0.29, 0.717) is 17.8 Å². The van der Waals surface area contributed by atoms with E-state index in [1.54, 1.807) is 17.0 Å². The SMILES string of the molecule is O=C1/C(=C2\C(=O)N(Cc3ccccc3)c3ccc(Br)cc32)SC(=S)N1CCS(=O)(=O)[O-]. The fourth-order valence-electron chi connectivity index (χ4n) is 3.39. The maximum absolute atomic E-state index is 13.4. The third-order valence-corrected chi connectivity index (χ3v) is 7.43. The summed E-state index contributed by atoms with van der Waals surface area (Å²) in [4.78, 5) is 29.2. The molecule has 0 unspecified atom stereocenters. The molecule has 0 aromatic heterocycles. The Kier molecular flexibility index (Phi) is 6.05. The number of thiocarbonyl (C=S) groups is 1. The summed E-state index contributed by atoms with van der Waals surface area (Å²) in [5, 5.41) is 0. The Hall–Kier alpha value is -2.05. The van der Waals surface area contributed by atoms with E-state index in [4.69, 9.17) is 12.2 Å². The first-order chi connectivity index (χ1) is 14.7. The van der Waals surface area contributed by atoms with Gasteiger partial charge in [0.1, 0.15) is 4.32 Å². The van der Waals surface area contributed by atoms with E-state index in [-0.39, 0.29) is 27.3 Å². The van der Waals surface area contributed by atoms with E-state index in [1.807, 2.05) is 36.4 Å². The monoisotopic (exact) mass is 537 g/mol. The second-order valence-electron chi connectivity index (χ2n) is 6.83. The molecule has 2 amide bonds. The van der Waals surface area contributed by atoms with Gasteiger partial charge in [-0.3, -0.25) is 14.5 Å². The van der Waals surface area contributed by atoms with Gasteiger partial charge in [0, 0.05) is 16.6 Å². The number of hydrogen-bond acceptors (Lipinski definition) is 7. The average molecular weight is 538 g/mol. The summed E-state index contributed by atoms with van der Waals surface area (Å²) in [6, 6.07) is 14.9. The normalized spacial score (nSPS) is 18.8. The Morgan fingerprint density at radius 1 is 1.03 bits per heavy atom. The summed E-state index contributed by atoms with van der Waals surface area (Å²) in [5.41, 5.74) is 2.41. The van der Waals surface area contributed by atoms with E-state index < -0.39 is 21.8 Å². The lowest BCUT2D eigenvalue weighted by Gasteiger charge is -2.17. The fourth-order valence-corrected chi connectivity index (χ4v) is 5.54. The number of thioether (sulfide) groups is 1. The lowest BCUT2D eigenvalue weighted by molar-refractivity contribution is -0.122. The number of anilines is 1. The van der Waals surface area contributed by atoms with Crippen molar-refractivity contribution in [1.29, 1.82) is 0 Å². The van der Waals surface area contributed by atoms with Crippen LogP contribution in [0.2, 0.25) is 0 Å². The van der Waals surface area contributed by atoms with Crippen molar-refractivity contribution in [2.75, 3.05) is 17.2 Å². The maximum atomic E-state index is 13.4. The molecule has 2 aliphatic rings. The van der Waals surface area contributed by atoms with Gasteiger partial charge in [0.15, 0.2) is 0 Å². The minimum Gasteiger partial charge on any atom is -0.748 e. The van der Waals surface area contributed by atoms with Gasteiger partial charge < -0.3 is 9.45 Å². The molecular weight excluding hydrogens is 524 g/mol. The molecular formula is C20H14BrN2O5S3-. The molecule has 2 aromatic rings. The van der Waals surface area contributed by atoms with Gasteiger partial charge in [0.2, 0.25) is 0 Å². The smallest absolute Gasteiger partial charge is 0.267 e. The third-order valence-electron chi connectivity index (χ3n) is 4.80. The molecule has 0 aliphatic carbocycles. The molecule has 2 aromatic carbocycles. The molecule has 0 saturated carbocycles. The van der Waals surface area contributed by atoms with Gasteiger partial charge >= 0.3 is 0 Å². The van der Waals surface area contributed by atoms with Crippen LogP contribution in [0.5, 0.6) is 0 Å². The summed E-state index contributed by atoms with van der Waals surface area (Å²) < 4.78 is 33.8. The highest BCUT2D eigenvalue weighted by Crippen LogP contribution is 2.45. The first-order valence-corrected chi connectivity index (χ1v) is 12.6. The van der Waals surface area contributed by atoms with E-state index >= 15 is 0 Å². The van der Waals surface area contributed by atoms with Crippen molar-refractivity contribution >= 4 is 77.4 Å². The van der Waals surface area contributed by atoms with Crippen molar-refractivity contribution in [2.24, 2.45) is 0 Å². The molecule has 0 N–H and O–H groups in total. The maximum Gasteiger partial charge on any atom is 0.267 e. The van der Waals surface area contributed by atoms with E-state index in [9.17, 15) is 22.6 Å². The number of benzene rings is 2. The molecule has 0 atom stereocenters. The quantitative estimate of drug-likeness (QED) is 0.328. The molecule has 31 heavy (non-hydrogen) atoms. The Balaban J connectivity index is 1.75. The minimum atomic E-state index is -4.51. The van der Waals surface area contributed by atoms with Crippen LogP contribution in [-0.4, -0.2) is 46.3 Å². The van der Waals surface area contributed by atoms with Crippen LogP contribution >= 0.6 is 39.9 Å². The van der Waals surface area contributed by atoms with Gasteiger partial charge in [-0.1, -0.05) is 70.2 Å². The van der Waals surface area contributed by atoms with E-state index in [0.717, 1.165) is 26.7 Å². The molecule has 160 valence electrons. The Morgan fingerprint density at radius 2 is 1.74 bits per heavy atom. The number of fused-ring (bicyclic) bond motifs is 1. The summed E-state index contributed by atoms with van der Waals surface area (Å²) in [7, 11) is -4.51. The van der Waals surface area contributed by atoms with E-state index in [2.05, 4.69) is 15.9 Å². The minimum absolute atomic E-state index is 0.113. The average Bonchev–Trinajstić information content (AvgIpc) is 3.13. The number of halogens is 1. The van der Waals surface area contributed by atoms with Crippen molar-refractivity contribution < 1.29 is 22.6 Å². The molecule has 1 fully saturated rings. The molecule has 2 heterocycles. The summed E-state index contributed by atoms with van der Waals surface area (Å²) in [5.74, 6) is -1.67. The number of amides is 2. The van der Waals surface area contributed by atoms with Crippen LogP contribution in [0, 0.1) is 0 Å². The number of hydrogen-bond donors (Lipinski definition) is 0. The number of carbonyl (C=O) groups is 2. The van der Waals surface area contributed by atoms with Crippen LogP contribution in [0.15, 0.2) is 57.9 Å². The van der Waals surface area contributed by atoms with Gasteiger partial charge in [-0.05, 0) is 23.8 Å². The predicted molar refractivity (Wildman–Crippen MR) is 125 cm³/mol. The van der Waals surface area contributed by atoms with E-state index in [1.165, 1.54) is 0 Å². The number of nitrogens with zero attached hydrogens (tertiary/aromatic N) is 2. The van der Waals surface area contributed by atoms with Crippen LogP contribution in [0.4, 0.5) is 5.69 Å². The van der Waals surface area contributed by atoms with Crippen LogP contribution in [-0.2, 0) is 26.3 Å². The lowest BCUT2D eigenvalue weighted by Crippen LogP contribution is -2.33. The van der Waals surface area contributed by atoms with Crippen LogP contribution in [0.25, 0.3) is 5.57 Å². The summed E-state index contributed by atoms with van der Waals surface area (Å²) in [6.07, 6.45) is 0. The first kappa shape index (κ1) is 22.2. The highest BCUT2D eigenvalue weighted by atomic mass is 79.9. The second-order valence-corrected chi connectivity index (χ2v) is 10.9. The van der Waals surface area contributed by atoms with Crippen LogP contribution in [0.1, 0.15) is 11.1 Å².